The Bertz CT molecular complexity index is 327. The van der Waals surface area contributed by atoms with E-state index in [1.807, 2.05) is 0 Å². The third-order valence-corrected chi connectivity index (χ3v) is 3.42. The standard InChI is InChI=1S/C13H18ClN/c1-10-6-7-11(12(14)9-10)13-5-3-2-4-8-15-13/h6-7,9,13,15H,2-5,8H2,1H3. The first-order valence-electron chi connectivity index (χ1n) is 5.77. The van der Waals surface area contributed by atoms with Crippen LogP contribution in [0.1, 0.15) is 42.9 Å². The van der Waals surface area contributed by atoms with Crippen LogP contribution in [0, 0.1) is 6.92 Å². The van der Waals surface area contributed by atoms with Crippen molar-refractivity contribution in [2.75, 3.05) is 6.54 Å². The summed E-state index contributed by atoms with van der Waals surface area (Å²) in [6, 6.07) is 6.83. The van der Waals surface area contributed by atoms with Gasteiger partial charge in [0, 0.05) is 11.1 Å². The molecular formula is C13H18ClN. The van der Waals surface area contributed by atoms with E-state index >= 15 is 0 Å². The molecule has 1 atom stereocenters. The van der Waals surface area contributed by atoms with Crippen molar-refractivity contribution < 1.29 is 0 Å². The number of hydrogen-bond acceptors (Lipinski definition) is 1. The van der Waals surface area contributed by atoms with Crippen LogP contribution in [0.25, 0.3) is 0 Å². The highest BCUT2D eigenvalue weighted by molar-refractivity contribution is 6.31. The zero-order valence-electron chi connectivity index (χ0n) is 9.22. The molecule has 1 unspecified atom stereocenters. The van der Waals surface area contributed by atoms with Crippen LogP contribution < -0.4 is 5.32 Å². The smallest absolute Gasteiger partial charge is 0.0456 e. The summed E-state index contributed by atoms with van der Waals surface area (Å²) in [5.41, 5.74) is 2.50. The largest absolute Gasteiger partial charge is 0.310 e. The Morgan fingerprint density at radius 1 is 1.27 bits per heavy atom. The van der Waals surface area contributed by atoms with Gasteiger partial charge in [0.15, 0.2) is 0 Å². The maximum absolute atomic E-state index is 6.28. The second-order valence-corrected chi connectivity index (χ2v) is 4.79. The Balaban J connectivity index is 2.19. The number of rotatable bonds is 1. The van der Waals surface area contributed by atoms with E-state index in [1.54, 1.807) is 0 Å². The van der Waals surface area contributed by atoms with E-state index in [-0.39, 0.29) is 0 Å². The summed E-state index contributed by atoms with van der Waals surface area (Å²) in [5.74, 6) is 0. The molecule has 0 saturated carbocycles. The third-order valence-electron chi connectivity index (χ3n) is 3.09. The van der Waals surface area contributed by atoms with Gasteiger partial charge in [0.25, 0.3) is 0 Å². The van der Waals surface area contributed by atoms with Crippen LogP contribution in [0.15, 0.2) is 18.2 Å². The number of halogens is 1. The van der Waals surface area contributed by atoms with Crippen LogP contribution in [0.4, 0.5) is 0 Å². The summed E-state index contributed by atoms with van der Waals surface area (Å²) in [6.07, 6.45) is 5.15. The van der Waals surface area contributed by atoms with Crippen molar-refractivity contribution in [1.82, 2.24) is 5.32 Å². The maximum atomic E-state index is 6.28. The van der Waals surface area contributed by atoms with Gasteiger partial charge < -0.3 is 5.32 Å². The van der Waals surface area contributed by atoms with E-state index in [9.17, 15) is 0 Å². The van der Waals surface area contributed by atoms with E-state index in [2.05, 4.69) is 30.4 Å². The number of aryl methyl sites for hydroxylation is 1. The van der Waals surface area contributed by atoms with Crippen molar-refractivity contribution in [3.63, 3.8) is 0 Å². The fourth-order valence-electron chi connectivity index (χ4n) is 2.21. The predicted octanol–water partition coefficient (Wildman–Crippen LogP) is 3.85. The van der Waals surface area contributed by atoms with Gasteiger partial charge in [-0.15, -0.1) is 0 Å². The van der Waals surface area contributed by atoms with Crippen LogP contribution in [-0.2, 0) is 0 Å². The minimum Gasteiger partial charge on any atom is -0.310 e. The fourth-order valence-corrected chi connectivity index (χ4v) is 2.58. The first kappa shape index (κ1) is 11.0. The van der Waals surface area contributed by atoms with Crippen molar-refractivity contribution >= 4 is 11.6 Å². The Morgan fingerprint density at radius 2 is 2.13 bits per heavy atom. The summed E-state index contributed by atoms with van der Waals surface area (Å²) >= 11 is 6.28. The first-order chi connectivity index (χ1) is 7.27. The molecule has 0 amide bonds. The van der Waals surface area contributed by atoms with Gasteiger partial charge in [0.2, 0.25) is 0 Å². The summed E-state index contributed by atoms with van der Waals surface area (Å²) in [4.78, 5) is 0. The fraction of sp³-hybridized carbons (Fsp3) is 0.538. The van der Waals surface area contributed by atoms with Crippen LogP contribution in [0.3, 0.4) is 0 Å². The quantitative estimate of drug-likeness (QED) is 0.763. The molecule has 15 heavy (non-hydrogen) atoms. The monoisotopic (exact) mass is 223 g/mol. The number of nitrogens with one attached hydrogen (secondary N) is 1. The molecule has 1 heterocycles. The zero-order chi connectivity index (χ0) is 10.7. The van der Waals surface area contributed by atoms with Crippen LogP contribution in [-0.4, -0.2) is 6.54 Å². The third kappa shape index (κ3) is 2.73. The van der Waals surface area contributed by atoms with Crippen LogP contribution >= 0.6 is 11.6 Å². The van der Waals surface area contributed by atoms with E-state index in [0.717, 1.165) is 11.6 Å². The number of hydrogen-bond donors (Lipinski definition) is 1. The Labute approximate surface area is 96.8 Å². The predicted molar refractivity (Wildman–Crippen MR) is 65.4 cm³/mol. The average Bonchev–Trinajstić information content (AvgIpc) is 2.46. The molecule has 1 nitrogen and oxygen atoms in total. The molecule has 1 saturated heterocycles. The molecule has 0 radical (unpaired) electrons. The van der Waals surface area contributed by atoms with Crippen molar-refractivity contribution in [3.05, 3.63) is 34.3 Å². The second kappa shape index (κ2) is 5.00. The number of benzene rings is 1. The lowest BCUT2D eigenvalue weighted by Gasteiger charge is -2.17. The molecule has 1 N–H and O–H groups in total. The molecule has 0 spiro atoms. The van der Waals surface area contributed by atoms with Gasteiger partial charge in [0.1, 0.15) is 0 Å². The van der Waals surface area contributed by atoms with E-state index in [0.29, 0.717) is 6.04 Å². The molecule has 82 valence electrons. The Kier molecular flexibility index (Phi) is 3.66. The van der Waals surface area contributed by atoms with E-state index < -0.39 is 0 Å². The van der Waals surface area contributed by atoms with Crippen molar-refractivity contribution in [2.45, 2.75) is 38.6 Å². The van der Waals surface area contributed by atoms with Gasteiger partial charge >= 0.3 is 0 Å². The van der Waals surface area contributed by atoms with E-state index in [4.69, 9.17) is 11.6 Å². The summed E-state index contributed by atoms with van der Waals surface area (Å²) in [6.45, 7) is 3.20. The van der Waals surface area contributed by atoms with Gasteiger partial charge in [-0.2, -0.15) is 0 Å². The molecule has 2 rings (SSSR count). The average molecular weight is 224 g/mol. The lowest BCUT2D eigenvalue weighted by molar-refractivity contribution is 0.535. The molecule has 1 fully saturated rings. The topological polar surface area (TPSA) is 12.0 Å². The summed E-state index contributed by atoms with van der Waals surface area (Å²) in [5, 5.41) is 4.49. The van der Waals surface area contributed by atoms with Crippen LogP contribution in [0.2, 0.25) is 5.02 Å². The van der Waals surface area contributed by atoms with Gasteiger partial charge in [-0.1, -0.05) is 36.6 Å². The zero-order valence-corrected chi connectivity index (χ0v) is 9.98. The summed E-state index contributed by atoms with van der Waals surface area (Å²) < 4.78 is 0. The van der Waals surface area contributed by atoms with Gasteiger partial charge in [-0.3, -0.25) is 0 Å². The Hall–Kier alpha value is -0.530. The minimum absolute atomic E-state index is 0.459. The highest BCUT2D eigenvalue weighted by Gasteiger charge is 2.15. The van der Waals surface area contributed by atoms with Crippen molar-refractivity contribution in [1.29, 1.82) is 0 Å². The molecule has 1 aromatic carbocycles. The van der Waals surface area contributed by atoms with Gasteiger partial charge in [0.05, 0.1) is 0 Å². The highest BCUT2D eigenvalue weighted by atomic mass is 35.5. The highest BCUT2D eigenvalue weighted by Crippen LogP contribution is 2.29. The lowest BCUT2D eigenvalue weighted by atomic mass is 10.0. The molecule has 2 heteroatoms. The molecule has 0 bridgehead atoms. The molecule has 1 aliphatic rings. The van der Waals surface area contributed by atoms with Crippen molar-refractivity contribution in [3.8, 4) is 0 Å². The molecule has 1 aliphatic heterocycles. The normalized spacial score (nSPS) is 22.4. The minimum atomic E-state index is 0.459. The SMILES string of the molecule is Cc1ccc(C2CCCCCN2)c(Cl)c1. The molecule has 0 aromatic heterocycles. The molecule has 1 aromatic rings. The van der Waals surface area contributed by atoms with E-state index in [1.165, 1.54) is 36.8 Å². The van der Waals surface area contributed by atoms with Crippen LogP contribution in [0.5, 0.6) is 0 Å². The molecular weight excluding hydrogens is 206 g/mol. The lowest BCUT2D eigenvalue weighted by Crippen LogP contribution is -2.20. The molecule has 0 aliphatic carbocycles. The Morgan fingerprint density at radius 3 is 2.93 bits per heavy atom. The first-order valence-corrected chi connectivity index (χ1v) is 6.14. The maximum Gasteiger partial charge on any atom is 0.0456 e. The van der Waals surface area contributed by atoms with Crippen molar-refractivity contribution in [2.24, 2.45) is 0 Å². The second-order valence-electron chi connectivity index (χ2n) is 4.38. The van der Waals surface area contributed by atoms with Gasteiger partial charge in [-0.25, -0.2) is 0 Å². The van der Waals surface area contributed by atoms with Gasteiger partial charge in [-0.05, 0) is 43.5 Å². The summed E-state index contributed by atoms with van der Waals surface area (Å²) in [7, 11) is 0.